The van der Waals surface area contributed by atoms with E-state index in [1.54, 1.807) is 0 Å². The molecule has 124 valence electrons. The fraction of sp³-hybridized carbons (Fsp3) is 0.500. The van der Waals surface area contributed by atoms with Crippen molar-refractivity contribution in [3.63, 3.8) is 0 Å². The molecule has 1 aromatic carbocycles. The minimum atomic E-state index is -4.15. The van der Waals surface area contributed by atoms with E-state index in [4.69, 9.17) is 10.3 Å². The lowest BCUT2D eigenvalue weighted by Gasteiger charge is -2.28. The lowest BCUT2D eigenvalue weighted by atomic mass is 9.81. The molecule has 2 atom stereocenters. The second-order valence-electron chi connectivity index (χ2n) is 5.96. The molecule has 2 aromatic rings. The van der Waals surface area contributed by atoms with Crippen molar-refractivity contribution < 1.29 is 17.7 Å². The van der Waals surface area contributed by atoms with E-state index in [1.165, 1.54) is 0 Å². The van der Waals surface area contributed by atoms with Crippen LogP contribution < -0.4 is 5.73 Å². The average molecular weight is 325 g/mol. The van der Waals surface area contributed by atoms with Crippen LogP contribution in [0.2, 0.25) is 0 Å². The van der Waals surface area contributed by atoms with Gasteiger partial charge in [0.15, 0.2) is 0 Å². The van der Waals surface area contributed by atoms with E-state index in [2.05, 4.69) is 10.1 Å². The summed E-state index contributed by atoms with van der Waals surface area (Å²) >= 11 is 0. The number of aromatic nitrogens is 2. The van der Waals surface area contributed by atoms with Crippen molar-refractivity contribution in [3.8, 4) is 11.4 Å². The van der Waals surface area contributed by atoms with Crippen molar-refractivity contribution >= 4 is 0 Å². The molecule has 0 radical (unpaired) electrons. The predicted octanol–water partition coefficient (Wildman–Crippen LogP) is 4.03. The second kappa shape index (κ2) is 6.31. The van der Waals surface area contributed by atoms with Crippen LogP contribution in [-0.4, -0.2) is 16.3 Å². The van der Waals surface area contributed by atoms with E-state index < -0.39 is 12.1 Å². The molecule has 0 bridgehead atoms. The Bertz CT molecular complexity index is 651. The highest BCUT2D eigenvalue weighted by Crippen LogP contribution is 2.43. The van der Waals surface area contributed by atoms with Crippen LogP contribution in [0.1, 0.15) is 43.1 Å². The first-order valence-electron chi connectivity index (χ1n) is 7.67. The van der Waals surface area contributed by atoms with Gasteiger partial charge in [-0.15, -0.1) is 0 Å². The van der Waals surface area contributed by atoms with Crippen LogP contribution in [0.3, 0.4) is 0 Å². The van der Waals surface area contributed by atoms with Gasteiger partial charge in [0.05, 0.1) is 5.92 Å². The monoisotopic (exact) mass is 325 g/mol. The molecule has 4 nitrogen and oxygen atoms in total. The van der Waals surface area contributed by atoms with Crippen molar-refractivity contribution in [2.45, 2.75) is 44.3 Å². The van der Waals surface area contributed by atoms with Crippen molar-refractivity contribution in [3.05, 3.63) is 35.7 Å². The summed E-state index contributed by atoms with van der Waals surface area (Å²) < 4.78 is 43.9. The lowest BCUT2D eigenvalue weighted by Crippen LogP contribution is -2.28. The summed E-state index contributed by atoms with van der Waals surface area (Å²) in [5, 5.41) is 3.91. The van der Waals surface area contributed by atoms with Crippen molar-refractivity contribution in [1.82, 2.24) is 10.1 Å². The molecule has 2 N–H and O–H groups in total. The Morgan fingerprint density at radius 1 is 1.17 bits per heavy atom. The van der Waals surface area contributed by atoms with Gasteiger partial charge in [0.2, 0.25) is 11.7 Å². The van der Waals surface area contributed by atoms with Gasteiger partial charge >= 0.3 is 6.18 Å². The number of rotatable bonds is 3. The third-order valence-electron chi connectivity index (χ3n) is 4.38. The molecular weight excluding hydrogens is 307 g/mol. The molecule has 7 heteroatoms. The molecule has 2 unspecified atom stereocenters. The van der Waals surface area contributed by atoms with Gasteiger partial charge in [-0.1, -0.05) is 35.8 Å². The highest BCUT2D eigenvalue weighted by molar-refractivity contribution is 5.54. The Hall–Kier alpha value is -1.89. The number of hydrogen-bond donors (Lipinski definition) is 1. The average Bonchev–Trinajstić information content (AvgIpc) is 3.04. The molecular formula is C16H18F3N3O. The third-order valence-corrected chi connectivity index (χ3v) is 4.38. The number of alkyl halides is 3. The first kappa shape index (κ1) is 16.0. The van der Waals surface area contributed by atoms with E-state index >= 15 is 0 Å². The minimum absolute atomic E-state index is 0.0250. The number of nitrogens with zero attached hydrogens (tertiary/aromatic N) is 2. The molecule has 0 aliphatic heterocycles. The largest absolute Gasteiger partial charge is 0.391 e. The minimum Gasteiger partial charge on any atom is -0.339 e. The molecule has 1 saturated carbocycles. The van der Waals surface area contributed by atoms with Gasteiger partial charge in [0.25, 0.3) is 0 Å². The number of benzene rings is 1. The summed E-state index contributed by atoms with van der Waals surface area (Å²) in [6, 6.07) is 7.39. The molecule has 1 aromatic heterocycles. The maximum atomic E-state index is 12.9. The van der Waals surface area contributed by atoms with Crippen LogP contribution in [0.5, 0.6) is 0 Å². The molecule has 23 heavy (non-hydrogen) atoms. The van der Waals surface area contributed by atoms with E-state index in [9.17, 15) is 13.2 Å². The summed E-state index contributed by atoms with van der Waals surface area (Å²) in [5.41, 5.74) is 7.29. The Morgan fingerprint density at radius 2 is 1.91 bits per heavy atom. The highest BCUT2D eigenvalue weighted by atomic mass is 19.4. The fourth-order valence-corrected chi connectivity index (χ4v) is 3.02. The smallest absolute Gasteiger partial charge is 0.339 e. The normalized spacial score (nSPS) is 22.3. The molecule has 0 saturated heterocycles. The third kappa shape index (κ3) is 3.55. The quantitative estimate of drug-likeness (QED) is 0.925. The molecule has 3 rings (SSSR count). The maximum Gasteiger partial charge on any atom is 0.391 e. The first-order valence-corrected chi connectivity index (χ1v) is 7.67. The number of halogens is 3. The zero-order valence-electron chi connectivity index (χ0n) is 12.5. The van der Waals surface area contributed by atoms with Crippen molar-refractivity contribution in [1.29, 1.82) is 0 Å². The summed E-state index contributed by atoms with van der Waals surface area (Å²) in [6.45, 7) is 0.443. The number of hydrogen-bond acceptors (Lipinski definition) is 4. The van der Waals surface area contributed by atoms with Crippen LogP contribution in [0.15, 0.2) is 28.8 Å². The molecule has 1 aliphatic rings. The van der Waals surface area contributed by atoms with Crippen LogP contribution in [-0.2, 0) is 6.54 Å². The number of nitrogens with two attached hydrogens (primary N) is 1. The molecule has 1 aliphatic carbocycles. The molecule has 1 heterocycles. The Morgan fingerprint density at radius 3 is 2.57 bits per heavy atom. The SMILES string of the molecule is NCc1ccc(-c2noc(C3CCCC(C(F)(F)F)C3)n2)cc1. The summed E-state index contributed by atoms with van der Waals surface area (Å²) in [7, 11) is 0. The second-order valence-corrected chi connectivity index (χ2v) is 5.96. The van der Waals surface area contributed by atoms with Crippen molar-refractivity contribution in [2.75, 3.05) is 0 Å². The highest BCUT2D eigenvalue weighted by Gasteiger charge is 2.43. The zero-order valence-corrected chi connectivity index (χ0v) is 12.5. The predicted molar refractivity (Wildman–Crippen MR) is 78.4 cm³/mol. The van der Waals surface area contributed by atoms with Crippen LogP contribution in [0, 0.1) is 5.92 Å². The Kier molecular flexibility index (Phi) is 4.39. The van der Waals surface area contributed by atoms with Crippen LogP contribution in [0.25, 0.3) is 11.4 Å². The summed E-state index contributed by atoms with van der Waals surface area (Å²) in [4.78, 5) is 4.30. The molecule has 0 spiro atoms. The van der Waals surface area contributed by atoms with Crippen molar-refractivity contribution in [2.24, 2.45) is 11.7 Å². The van der Waals surface area contributed by atoms with E-state index in [0.29, 0.717) is 31.1 Å². The van der Waals surface area contributed by atoms with Crippen LogP contribution in [0.4, 0.5) is 13.2 Å². The topological polar surface area (TPSA) is 64.9 Å². The lowest BCUT2D eigenvalue weighted by molar-refractivity contribution is -0.183. The van der Waals surface area contributed by atoms with E-state index in [0.717, 1.165) is 11.1 Å². The fourth-order valence-electron chi connectivity index (χ4n) is 3.02. The van der Waals surface area contributed by atoms with Gasteiger partial charge in [0.1, 0.15) is 0 Å². The van der Waals surface area contributed by atoms with Gasteiger partial charge in [-0.2, -0.15) is 18.2 Å². The van der Waals surface area contributed by atoms with Gasteiger partial charge in [-0.05, 0) is 24.8 Å². The van der Waals surface area contributed by atoms with E-state index in [1.807, 2.05) is 24.3 Å². The van der Waals surface area contributed by atoms with Gasteiger partial charge < -0.3 is 10.3 Å². The summed E-state index contributed by atoms with van der Waals surface area (Å²) in [6.07, 6.45) is -2.77. The molecule has 1 fully saturated rings. The first-order chi connectivity index (χ1) is 11.0. The summed E-state index contributed by atoms with van der Waals surface area (Å²) in [5.74, 6) is -0.894. The van der Waals surface area contributed by atoms with E-state index in [-0.39, 0.29) is 18.8 Å². The zero-order chi connectivity index (χ0) is 16.4. The standard InChI is InChI=1S/C16H18F3N3O/c17-16(18,19)13-3-1-2-12(8-13)15-21-14(22-23-15)11-6-4-10(9-20)5-7-11/h4-7,12-13H,1-3,8-9,20H2. The van der Waals surface area contributed by atoms with Gasteiger partial charge in [-0.25, -0.2) is 0 Å². The van der Waals surface area contributed by atoms with Gasteiger partial charge in [-0.3, -0.25) is 0 Å². The molecule has 0 amide bonds. The Labute approximate surface area is 131 Å². The maximum absolute atomic E-state index is 12.9. The van der Waals surface area contributed by atoms with Gasteiger partial charge in [0, 0.05) is 18.0 Å². The Balaban J connectivity index is 1.75. The van der Waals surface area contributed by atoms with Crippen LogP contribution >= 0.6 is 0 Å².